The van der Waals surface area contributed by atoms with E-state index < -0.39 is 29.7 Å². The topological polar surface area (TPSA) is 158 Å². The van der Waals surface area contributed by atoms with Gasteiger partial charge < -0.3 is 29.5 Å². The first kappa shape index (κ1) is 36.4. The van der Waals surface area contributed by atoms with Gasteiger partial charge in [-0.1, -0.05) is 0 Å². The number of anilines is 3. The SMILES string of the molecule is Cc1c(-c2cc3cc(NC(=O)OC4C5CN(CC6CCN(c7ccc8c(c7F)CN(C7CCC(=O)NC7=O)C8=O)CC6)C[C@H]54)ncc3cc2F)cnc2c1NCCO2. The van der Waals surface area contributed by atoms with Crippen molar-refractivity contribution in [2.24, 2.45) is 17.8 Å². The fourth-order valence-corrected chi connectivity index (χ4v) is 9.63. The summed E-state index contributed by atoms with van der Waals surface area (Å²) in [6.45, 7) is 7.08. The lowest BCUT2D eigenvalue weighted by molar-refractivity contribution is -0.136. The zero-order valence-corrected chi connectivity index (χ0v) is 31.9. The molecule has 16 heteroatoms. The van der Waals surface area contributed by atoms with Crippen LogP contribution in [0.25, 0.3) is 21.9 Å². The molecule has 3 unspecified atom stereocenters. The maximum atomic E-state index is 15.9. The van der Waals surface area contributed by atoms with Crippen LogP contribution in [0, 0.1) is 36.3 Å². The van der Waals surface area contributed by atoms with Crippen molar-refractivity contribution in [1.29, 1.82) is 0 Å². The van der Waals surface area contributed by atoms with Crippen molar-refractivity contribution in [2.75, 3.05) is 61.4 Å². The summed E-state index contributed by atoms with van der Waals surface area (Å²) in [6, 6.07) is 7.42. The summed E-state index contributed by atoms with van der Waals surface area (Å²) < 4.78 is 42.7. The molecule has 0 radical (unpaired) electrons. The summed E-state index contributed by atoms with van der Waals surface area (Å²) in [5, 5.41) is 9.64. The lowest BCUT2D eigenvalue weighted by Crippen LogP contribution is -2.52. The highest BCUT2D eigenvalue weighted by atomic mass is 19.1. The third-order valence-corrected chi connectivity index (χ3v) is 12.8. The second-order valence-electron chi connectivity index (χ2n) is 16.3. The van der Waals surface area contributed by atoms with E-state index >= 15 is 8.78 Å². The largest absolute Gasteiger partial charge is 0.474 e. The predicted octanol–water partition coefficient (Wildman–Crippen LogP) is 4.84. The number of aromatic nitrogens is 2. The second kappa shape index (κ2) is 14.2. The molecule has 1 aliphatic carbocycles. The third kappa shape index (κ3) is 6.43. The molecule has 5 aliphatic heterocycles. The minimum absolute atomic E-state index is 0.00731. The van der Waals surface area contributed by atoms with Crippen molar-refractivity contribution in [3.05, 3.63) is 71.1 Å². The number of fused-ring (bicyclic) bond motifs is 4. The van der Waals surface area contributed by atoms with Crippen molar-refractivity contribution >= 4 is 51.8 Å². The number of halogens is 2. The molecule has 3 saturated heterocycles. The number of likely N-dealkylation sites (tertiary alicyclic amines) is 1. The van der Waals surface area contributed by atoms with Crippen LogP contribution in [0.5, 0.6) is 5.88 Å². The average molecular weight is 793 g/mol. The molecule has 2 aromatic heterocycles. The molecule has 4 atom stereocenters. The Hall–Kier alpha value is -5.90. The molecule has 1 saturated carbocycles. The smallest absolute Gasteiger partial charge is 0.413 e. The van der Waals surface area contributed by atoms with E-state index in [0.717, 1.165) is 43.7 Å². The monoisotopic (exact) mass is 792 g/mol. The molecule has 4 fully saturated rings. The fourth-order valence-electron chi connectivity index (χ4n) is 9.63. The van der Waals surface area contributed by atoms with Crippen LogP contribution in [-0.2, 0) is 20.9 Å². The summed E-state index contributed by atoms with van der Waals surface area (Å²) in [7, 11) is 0. The van der Waals surface area contributed by atoms with Gasteiger partial charge in [-0.2, -0.15) is 0 Å². The molecular formula is C42H42F2N8O6. The van der Waals surface area contributed by atoms with Crippen LogP contribution in [0.3, 0.4) is 0 Å². The Morgan fingerprint density at radius 3 is 2.59 bits per heavy atom. The van der Waals surface area contributed by atoms with Crippen LogP contribution in [-0.4, -0.2) is 102 Å². The highest BCUT2D eigenvalue weighted by Crippen LogP contribution is 2.48. The van der Waals surface area contributed by atoms with Gasteiger partial charge in [-0.3, -0.25) is 25.0 Å². The number of amides is 4. The number of piperidine rings is 3. The minimum Gasteiger partial charge on any atom is -0.474 e. The maximum Gasteiger partial charge on any atom is 0.413 e. The van der Waals surface area contributed by atoms with E-state index in [2.05, 4.69) is 30.8 Å². The molecule has 6 aliphatic rings. The Kier molecular flexibility index (Phi) is 8.91. The van der Waals surface area contributed by atoms with Gasteiger partial charge in [0.1, 0.15) is 36.1 Å². The molecule has 7 heterocycles. The molecule has 2 aromatic carbocycles. The number of pyridine rings is 2. The number of carbonyl (C=O) groups is 4. The molecular weight excluding hydrogens is 751 g/mol. The second-order valence-corrected chi connectivity index (χ2v) is 16.3. The van der Waals surface area contributed by atoms with E-state index in [4.69, 9.17) is 9.47 Å². The van der Waals surface area contributed by atoms with Crippen LogP contribution in [0.4, 0.5) is 30.8 Å². The fraction of sp³-hybridized carbons (Fsp3) is 0.429. The summed E-state index contributed by atoms with van der Waals surface area (Å²) >= 11 is 0. The van der Waals surface area contributed by atoms with E-state index in [0.29, 0.717) is 77.0 Å². The van der Waals surface area contributed by atoms with Crippen LogP contribution < -0.4 is 25.6 Å². The van der Waals surface area contributed by atoms with Gasteiger partial charge >= 0.3 is 6.09 Å². The normalized spacial score (nSPS) is 24.2. The first-order chi connectivity index (χ1) is 28.1. The number of ether oxygens (including phenoxy) is 2. The van der Waals surface area contributed by atoms with Crippen LogP contribution >= 0.6 is 0 Å². The summed E-state index contributed by atoms with van der Waals surface area (Å²) in [5.74, 6) is -0.265. The molecule has 0 spiro atoms. The number of nitrogens with one attached hydrogen (secondary N) is 3. The molecule has 300 valence electrons. The van der Waals surface area contributed by atoms with Crippen molar-refractivity contribution in [3.63, 3.8) is 0 Å². The molecule has 58 heavy (non-hydrogen) atoms. The van der Waals surface area contributed by atoms with Gasteiger partial charge in [-0.05, 0) is 73.4 Å². The molecule has 10 rings (SSSR count). The van der Waals surface area contributed by atoms with E-state index in [-0.39, 0.29) is 54.7 Å². The number of carbonyl (C=O) groups excluding carboxylic acids is 4. The standard InChI is InChI=1S/C42H42F2N8O6/c1-21-27(16-47-40-37(21)45-8-11-57-40)26-12-23-14-34(46-15-24(23)13-31(26)43)48-42(56)58-38-29-18-50(19-30(29)38)17-22-6-9-51(10-7-22)32-3-2-25-28(36(32)44)20-52(41(25)55)33-4-5-35(53)49-39(33)54/h2-3,12-16,22,29-30,33,38,45H,4-11,17-20H2,1H3,(H,46,48,56)(H,49,53,54)/t29-,30?,33?,38?/m1/s1. The number of imide groups is 1. The predicted molar refractivity (Wildman–Crippen MR) is 208 cm³/mol. The zero-order valence-electron chi connectivity index (χ0n) is 31.9. The van der Waals surface area contributed by atoms with Crippen molar-refractivity contribution in [3.8, 4) is 17.0 Å². The summed E-state index contributed by atoms with van der Waals surface area (Å²) in [4.78, 5) is 64.7. The van der Waals surface area contributed by atoms with Crippen LogP contribution in [0.15, 0.2) is 42.7 Å². The van der Waals surface area contributed by atoms with Gasteiger partial charge in [-0.15, -0.1) is 0 Å². The van der Waals surface area contributed by atoms with Crippen LogP contribution in [0.2, 0.25) is 0 Å². The Bertz CT molecular complexity index is 2390. The average Bonchev–Trinajstić information content (AvgIpc) is 3.47. The Balaban J connectivity index is 0.704. The highest BCUT2D eigenvalue weighted by Gasteiger charge is 2.58. The lowest BCUT2D eigenvalue weighted by atomic mass is 9.95. The summed E-state index contributed by atoms with van der Waals surface area (Å²) in [6.07, 6.45) is 4.59. The van der Waals surface area contributed by atoms with Gasteiger partial charge in [0.25, 0.3) is 5.91 Å². The lowest BCUT2D eigenvalue weighted by Gasteiger charge is -2.36. The van der Waals surface area contributed by atoms with Gasteiger partial charge in [0.2, 0.25) is 17.7 Å². The van der Waals surface area contributed by atoms with E-state index in [9.17, 15) is 19.2 Å². The third-order valence-electron chi connectivity index (χ3n) is 12.8. The molecule has 4 aromatic rings. The van der Waals surface area contributed by atoms with Gasteiger partial charge in [0, 0.05) is 97.6 Å². The number of hydrogen-bond donors (Lipinski definition) is 3. The Labute approximate surface area is 332 Å². The van der Waals surface area contributed by atoms with Gasteiger partial charge in [-0.25, -0.2) is 23.5 Å². The van der Waals surface area contributed by atoms with E-state index in [1.54, 1.807) is 30.5 Å². The van der Waals surface area contributed by atoms with Crippen molar-refractivity contribution in [2.45, 2.75) is 51.3 Å². The van der Waals surface area contributed by atoms with E-state index in [1.807, 2.05) is 11.8 Å². The van der Waals surface area contributed by atoms with Crippen molar-refractivity contribution < 1.29 is 37.4 Å². The number of nitrogens with zero attached hydrogens (tertiary/aromatic N) is 5. The highest BCUT2D eigenvalue weighted by molar-refractivity contribution is 6.05. The van der Waals surface area contributed by atoms with Gasteiger partial charge in [0.05, 0.1) is 12.2 Å². The van der Waals surface area contributed by atoms with Crippen LogP contribution in [0.1, 0.15) is 47.2 Å². The number of benzene rings is 2. The van der Waals surface area contributed by atoms with Gasteiger partial charge in [0.15, 0.2) is 5.82 Å². The molecule has 3 N–H and O–H groups in total. The number of rotatable bonds is 7. The zero-order chi connectivity index (χ0) is 39.8. The van der Waals surface area contributed by atoms with E-state index in [1.165, 1.54) is 17.2 Å². The first-order valence-corrected chi connectivity index (χ1v) is 20.0. The molecule has 0 bridgehead atoms. The molecule has 4 amide bonds. The quantitative estimate of drug-likeness (QED) is 0.220. The maximum absolute atomic E-state index is 15.9. The minimum atomic E-state index is -0.785. The number of hydrogen-bond acceptors (Lipinski definition) is 11. The Morgan fingerprint density at radius 1 is 0.983 bits per heavy atom. The molecule has 14 nitrogen and oxygen atoms in total. The van der Waals surface area contributed by atoms with Crippen molar-refractivity contribution in [1.82, 2.24) is 25.1 Å². The first-order valence-electron chi connectivity index (χ1n) is 20.0. The Morgan fingerprint density at radius 2 is 1.79 bits per heavy atom. The summed E-state index contributed by atoms with van der Waals surface area (Å²) in [5.41, 5.74) is 3.68.